The van der Waals surface area contributed by atoms with Gasteiger partial charge in [0.2, 0.25) is 0 Å². The maximum atomic E-state index is 11.9. The van der Waals surface area contributed by atoms with E-state index in [1.807, 2.05) is 0 Å². The maximum Gasteiger partial charge on any atom is 0.330 e. The Morgan fingerprint density at radius 2 is 2.24 bits per heavy atom. The van der Waals surface area contributed by atoms with E-state index >= 15 is 0 Å². The van der Waals surface area contributed by atoms with Gasteiger partial charge in [-0.1, -0.05) is 0 Å². The largest absolute Gasteiger partial charge is 0.383 e. The summed E-state index contributed by atoms with van der Waals surface area (Å²) in [7, 11) is -3.26. The third-order valence-electron chi connectivity index (χ3n) is 3.60. The summed E-state index contributed by atoms with van der Waals surface area (Å²) >= 11 is 0. The second-order valence-electron chi connectivity index (χ2n) is 5.36. The molecule has 3 heterocycles. The molecular weight excluding hydrogens is 303 g/mol. The molecule has 10 heteroatoms. The van der Waals surface area contributed by atoms with Crippen LogP contribution in [0.5, 0.6) is 0 Å². The van der Waals surface area contributed by atoms with Crippen molar-refractivity contribution in [1.82, 2.24) is 9.55 Å². The lowest BCUT2D eigenvalue weighted by Gasteiger charge is -2.34. The van der Waals surface area contributed by atoms with Crippen LogP contribution in [0.3, 0.4) is 0 Å². The van der Waals surface area contributed by atoms with Crippen molar-refractivity contribution >= 4 is 7.60 Å². The second-order valence-corrected chi connectivity index (χ2v) is 7.37. The lowest BCUT2D eigenvalue weighted by molar-refractivity contribution is -0.0925. The van der Waals surface area contributed by atoms with Crippen LogP contribution in [0.4, 0.5) is 0 Å². The molecule has 0 saturated carbocycles. The Bertz CT molecular complexity index is 724. The topological polar surface area (TPSA) is 120 Å². The van der Waals surface area contributed by atoms with E-state index in [1.165, 1.54) is 19.8 Å². The number of aromatic nitrogens is 2. The standard InChI is InChI=1S/C11H15N2O7P/c1-11(16)8-6(5-18-21(2,17)20-8)19-9(11)13-4-3-7(14)12-10(13)15/h3-4,6,8-9,16H,5H2,1-2H3,(H,12,14,15)/t6-,8-,9-,11-,21?/m1/s1. The molecule has 1 aromatic heterocycles. The number of aromatic amines is 1. The Morgan fingerprint density at radius 3 is 2.90 bits per heavy atom. The van der Waals surface area contributed by atoms with Crippen LogP contribution in [-0.2, 0) is 18.3 Å². The summed E-state index contributed by atoms with van der Waals surface area (Å²) in [5.41, 5.74) is -2.88. The highest BCUT2D eigenvalue weighted by Crippen LogP contribution is 2.55. The molecule has 1 unspecified atom stereocenters. The van der Waals surface area contributed by atoms with E-state index in [0.29, 0.717) is 0 Å². The SMILES string of the molecule is C[C@@]1(O)[C@@H]2OP(C)(=O)OC[C@H]2O[C@H]1n1ccc(=O)[nH]c1=O. The third kappa shape index (κ3) is 2.41. The van der Waals surface area contributed by atoms with Gasteiger partial charge in [0, 0.05) is 18.9 Å². The molecule has 0 radical (unpaired) electrons. The first-order chi connectivity index (χ1) is 9.71. The fraction of sp³-hybridized carbons (Fsp3) is 0.636. The summed E-state index contributed by atoms with van der Waals surface area (Å²) in [6.07, 6.45) is -1.42. The number of H-pyrrole nitrogens is 1. The number of rotatable bonds is 1. The van der Waals surface area contributed by atoms with Gasteiger partial charge in [0.1, 0.15) is 17.8 Å². The Balaban J connectivity index is 2.00. The fourth-order valence-electron chi connectivity index (χ4n) is 2.60. The molecule has 2 aliphatic heterocycles. The molecule has 2 N–H and O–H groups in total. The van der Waals surface area contributed by atoms with Gasteiger partial charge in [0.05, 0.1) is 6.61 Å². The van der Waals surface area contributed by atoms with Gasteiger partial charge in [-0.25, -0.2) is 4.79 Å². The van der Waals surface area contributed by atoms with E-state index in [1.54, 1.807) is 0 Å². The van der Waals surface area contributed by atoms with Crippen LogP contribution < -0.4 is 11.2 Å². The summed E-state index contributed by atoms with van der Waals surface area (Å²) in [5.74, 6) is 0. The van der Waals surface area contributed by atoms with Crippen LogP contribution >= 0.6 is 7.60 Å². The van der Waals surface area contributed by atoms with Crippen molar-refractivity contribution in [3.63, 3.8) is 0 Å². The van der Waals surface area contributed by atoms with Crippen LogP contribution in [0.25, 0.3) is 0 Å². The molecule has 0 aliphatic carbocycles. The van der Waals surface area contributed by atoms with Crippen molar-refractivity contribution in [1.29, 1.82) is 0 Å². The first-order valence-electron chi connectivity index (χ1n) is 6.30. The quantitative estimate of drug-likeness (QED) is 0.665. The minimum Gasteiger partial charge on any atom is -0.383 e. The van der Waals surface area contributed by atoms with Crippen molar-refractivity contribution in [2.75, 3.05) is 13.3 Å². The van der Waals surface area contributed by atoms with Crippen molar-refractivity contribution < 1.29 is 23.5 Å². The molecule has 0 bridgehead atoms. The normalized spacial score (nSPS) is 42.7. The minimum absolute atomic E-state index is 0.0107. The molecule has 21 heavy (non-hydrogen) atoms. The first-order valence-corrected chi connectivity index (χ1v) is 8.29. The number of nitrogens with zero attached hydrogens (tertiary/aromatic N) is 1. The molecular formula is C11H15N2O7P. The zero-order valence-electron chi connectivity index (χ0n) is 11.4. The van der Waals surface area contributed by atoms with Gasteiger partial charge >= 0.3 is 13.3 Å². The Kier molecular flexibility index (Phi) is 3.23. The van der Waals surface area contributed by atoms with Gasteiger partial charge in [0.25, 0.3) is 5.56 Å². The predicted octanol–water partition coefficient (Wildman–Crippen LogP) is -0.577. The van der Waals surface area contributed by atoms with Gasteiger partial charge in [-0.3, -0.25) is 23.4 Å². The number of hydrogen-bond donors (Lipinski definition) is 2. The zero-order valence-corrected chi connectivity index (χ0v) is 12.3. The van der Waals surface area contributed by atoms with Crippen molar-refractivity contribution in [2.24, 2.45) is 0 Å². The summed E-state index contributed by atoms with van der Waals surface area (Å²) in [6.45, 7) is 2.72. The predicted molar refractivity (Wildman–Crippen MR) is 70.2 cm³/mol. The Labute approximate surface area is 119 Å². The minimum atomic E-state index is -3.26. The van der Waals surface area contributed by atoms with E-state index < -0.39 is 42.9 Å². The van der Waals surface area contributed by atoms with E-state index in [-0.39, 0.29) is 6.61 Å². The van der Waals surface area contributed by atoms with Crippen LogP contribution in [0.2, 0.25) is 0 Å². The molecule has 2 fully saturated rings. The van der Waals surface area contributed by atoms with E-state index in [0.717, 1.165) is 10.6 Å². The number of ether oxygens (including phenoxy) is 1. The molecule has 2 aliphatic rings. The van der Waals surface area contributed by atoms with Crippen LogP contribution in [0.1, 0.15) is 13.2 Å². The Morgan fingerprint density at radius 1 is 1.52 bits per heavy atom. The zero-order chi connectivity index (χ0) is 15.4. The Hall–Kier alpha value is -1.25. The first kappa shape index (κ1) is 14.7. The molecule has 9 nitrogen and oxygen atoms in total. The van der Waals surface area contributed by atoms with E-state index in [2.05, 4.69) is 4.98 Å². The number of fused-ring (bicyclic) bond motifs is 1. The lowest BCUT2D eigenvalue weighted by Crippen LogP contribution is -2.49. The molecule has 116 valence electrons. The number of aliphatic hydroxyl groups is 1. The van der Waals surface area contributed by atoms with Crippen LogP contribution in [-0.4, -0.2) is 45.7 Å². The monoisotopic (exact) mass is 318 g/mol. The van der Waals surface area contributed by atoms with E-state index in [4.69, 9.17) is 13.8 Å². The maximum absolute atomic E-state index is 11.9. The van der Waals surface area contributed by atoms with Crippen LogP contribution in [0.15, 0.2) is 21.9 Å². The third-order valence-corrected chi connectivity index (χ3v) is 4.83. The van der Waals surface area contributed by atoms with Gasteiger partial charge < -0.3 is 14.4 Å². The molecule has 2 saturated heterocycles. The van der Waals surface area contributed by atoms with Crippen molar-refractivity contribution in [2.45, 2.75) is 31.0 Å². The van der Waals surface area contributed by atoms with Gasteiger partial charge in [-0.15, -0.1) is 0 Å². The summed E-state index contributed by atoms with van der Waals surface area (Å²) in [6, 6.07) is 1.14. The van der Waals surface area contributed by atoms with Gasteiger partial charge in [-0.05, 0) is 6.92 Å². The molecule has 3 rings (SSSR count). The lowest BCUT2D eigenvalue weighted by atomic mass is 9.96. The fourth-order valence-corrected chi connectivity index (χ4v) is 3.84. The van der Waals surface area contributed by atoms with Crippen LogP contribution in [0, 0.1) is 0 Å². The summed E-state index contributed by atoms with van der Waals surface area (Å²) in [4.78, 5) is 25.0. The van der Waals surface area contributed by atoms with Gasteiger partial charge in [0.15, 0.2) is 6.23 Å². The van der Waals surface area contributed by atoms with Crippen molar-refractivity contribution in [3.8, 4) is 0 Å². The smallest absolute Gasteiger partial charge is 0.330 e. The van der Waals surface area contributed by atoms with E-state index in [9.17, 15) is 19.3 Å². The molecule has 5 atom stereocenters. The molecule has 0 amide bonds. The van der Waals surface area contributed by atoms with Crippen molar-refractivity contribution in [3.05, 3.63) is 33.1 Å². The highest BCUT2D eigenvalue weighted by molar-refractivity contribution is 7.53. The highest BCUT2D eigenvalue weighted by atomic mass is 31.2. The highest BCUT2D eigenvalue weighted by Gasteiger charge is 2.58. The summed E-state index contributed by atoms with van der Waals surface area (Å²) < 4.78 is 28.9. The second kappa shape index (κ2) is 4.62. The molecule has 0 spiro atoms. The molecule has 1 aromatic rings. The molecule has 0 aromatic carbocycles. The average Bonchev–Trinajstić information content (AvgIpc) is 2.61. The van der Waals surface area contributed by atoms with Gasteiger partial charge in [-0.2, -0.15) is 0 Å². The average molecular weight is 318 g/mol. The summed E-state index contributed by atoms with van der Waals surface area (Å²) in [5, 5.41) is 10.7. The number of nitrogens with one attached hydrogen (secondary N) is 1. The number of hydrogen-bond acceptors (Lipinski definition) is 7.